The standard InChI is InChI=1S/C18H20N2O2/c1-13(21)15-11-17(19-12-15)18(22)20-9-5-8-16(20)10-14-6-3-2-4-7-14/h2-4,6-7,11-12,16,19H,5,8-10H2,1H3. The Kier molecular flexibility index (Phi) is 4.09. The molecule has 1 N–H and O–H groups in total. The molecule has 4 nitrogen and oxygen atoms in total. The van der Waals surface area contributed by atoms with Gasteiger partial charge in [0.1, 0.15) is 5.69 Å². The summed E-state index contributed by atoms with van der Waals surface area (Å²) in [5, 5.41) is 0. The fourth-order valence-corrected chi connectivity index (χ4v) is 3.08. The lowest BCUT2D eigenvalue weighted by molar-refractivity contribution is 0.0731. The molecule has 22 heavy (non-hydrogen) atoms. The Balaban J connectivity index is 1.74. The topological polar surface area (TPSA) is 53.2 Å². The molecule has 0 bridgehead atoms. The highest BCUT2D eigenvalue weighted by molar-refractivity contribution is 5.99. The number of Topliss-reactive ketones (excluding diaryl/α,β-unsaturated/α-hetero) is 1. The van der Waals surface area contributed by atoms with E-state index in [9.17, 15) is 9.59 Å². The largest absolute Gasteiger partial charge is 0.356 e. The molecule has 1 saturated heterocycles. The molecule has 1 atom stereocenters. The minimum atomic E-state index is -0.0300. The monoisotopic (exact) mass is 296 g/mol. The lowest BCUT2D eigenvalue weighted by atomic mass is 10.0. The summed E-state index contributed by atoms with van der Waals surface area (Å²) in [5.74, 6) is -0.0384. The fraction of sp³-hybridized carbons (Fsp3) is 0.333. The van der Waals surface area contributed by atoms with Crippen LogP contribution in [0.1, 0.15) is 46.2 Å². The van der Waals surface area contributed by atoms with Crippen molar-refractivity contribution in [2.24, 2.45) is 0 Å². The number of amides is 1. The zero-order chi connectivity index (χ0) is 15.5. The fourth-order valence-electron chi connectivity index (χ4n) is 3.08. The van der Waals surface area contributed by atoms with Crippen molar-refractivity contribution >= 4 is 11.7 Å². The molecule has 1 aromatic heterocycles. The first-order chi connectivity index (χ1) is 10.6. The maximum atomic E-state index is 12.7. The summed E-state index contributed by atoms with van der Waals surface area (Å²) >= 11 is 0. The van der Waals surface area contributed by atoms with E-state index >= 15 is 0 Å². The molecule has 1 aliphatic rings. The van der Waals surface area contributed by atoms with Gasteiger partial charge in [0.05, 0.1) is 0 Å². The molecule has 0 radical (unpaired) electrons. The third kappa shape index (κ3) is 2.96. The minimum absolute atomic E-state index is 0.00840. The lowest BCUT2D eigenvalue weighted by Gasteiger charge is -2.24. The van der Waals surface area contributed by atoms with E-state index in [0.29, 0.717) is 11.3 Å². The van der Waals surface area contributed by atoms with Crippen LogP contribution >= 0.6 is 0 Å². The van der Waals surface area contributed by atoms with Gasteiger partial charge in [0.15, 0.2) is 5.78 Å². The van der Waals surface area contributed by atoms with Crippen molar-refractivity contribution in [3.05, 3.63) is 59.4 Å². The van der Waals surface area contributed by atoms with Crippen molar-refractivity contribution in [1.82, 2.24) is 9.88 Å². The van der Waals surface area contributed by atoms with E-state index in [0.717, 1.165) is 25.8 Å². The van der Waals surface area contributed by atoms with Gasteiger partial charge in [0.25, 0.3) is 5.91 Å². The van der Waals surface area contributed by atoms with Crippen LogP contribution < -0.4 is 0 Å². The predicted molar refractivity (Wildman–Crippen MR) is 85.0 cm³/mol. The number of carbonyl (C=O) groups excluding carboxylic acids is 2. The second-order valence-electron chi connectivity index (χ2n) is 5.84. The van der Waals surface area contributed by atoms with Crippen LogP contribution in [-0.4, -0.2) is 34.2 Å². The van der Waals surface area contributed by atoms with Gasteiger partial charge >= 0.3 is 0 Å². The van der Waals surface area contributed by atoms with Gasteiger partial charge < -0.3 is 9.88 Å². The van der Waals surface area contributed by atoms with Gasteiger partial charge in [-0.15, -0.1) is 0 Å². The molecular weight excluding hydrogens is 276 g/mol. The number of rotatable bonds is 4. The Hall–Kier alpha value is -2.36. The Bertz CT molecular complexity index is 675. The highest BCUT2D eigenvalue weighted by Gasteiger charge is 2.30. The molecule has 1 unspecified atom stereocenters. The summed E-state index contributed by atoms with van der Waals surface area (Å²) in [5.41, 5.74) is 2.32. The number of benzene rings is 1. The Morgan fingerprint density at radius 2 is 2.05 bits per heavy atom. The average molecular weight is 296 g/mol. The second-order valence-corrected chi connectivity index (χ2v) is 5.84. The SMILES string of the molecule is CC(=O)c1c[nH]c(C(=O)N2CCCC2Cc2ccccc2)c1. The van der Waals surface area contributed by atoms with E-state index in [1.54, 1.807) is 12.3 Å². The van der Waals surface area contributed by atoms with E-state index in [4.69, 9.17) is 0 Å². The van der Waals surface area contributed by atoms with E-state index in [-0.39, 0.29) is 17.7 Å². The Morgan fingerprint density at radius 3 is 2.73 bits per heavy atom. The zero-order valence-electron chi connectivity index (χ0n) is 12.7. The van der Waals surface area contributed by atoms with Gasteiger partial charge in [-0.05, 0) is 37.8 Å². The zero-order valence-corrected chi connectivity index (χ0v) is 12.7. The molecule has 0 aliphatic carbocycles. The van der Waals surface area contributed by atoms with Crippen LogP contribution in [0.2, 0.25) is 0 Å². The molecule has 1 amide bonds. The van der Waals surface area contributed by atoms with Crippen molar-refractivity contribution in [2.45, 2.75) is 32.2 Å². The number of carbonyl (C=O) groups is 2. The van der Waals surface area contributed by atoms with Crippen molar-refractivity contribution in [3.63, 3.8) is 0 Å². The minimum Gasteiger partial charge on any atom is -0.356 e. The molecule has 1 fully saturated rings. The Morgan fingerprint density at radius 1 is 1.27 bits per heavy atom. The number of ketones is 1. The molecule has 114 valence electrons. The average Bonchev–Trinajstić information content (AvgIpc) is 3.17. The van der Waals surface area contributed by atoms with Crippen LogP contribution in [0, 0.1) is 0 Å². The normalized spacial score (nSPS) is 17.7. The molecule has 3 rings (SSSR count). The lowest BCUT2D eigenvalue weighted by Crippen LogP contribution is -2.37. The maximum Gasteiger partial charge on any atom is 0.270 e. The summed E-state index contributed by atoms with van der Waals surface area (Å²) in [4.78, 5) is 28.9. The van der Waals surface area contributed by atoms with Crippen molar-refractivity contribution in [1.29, 1.82) is 0 Å². The smallest absolute Gasteiger partial charge is 0.270 e. The van der Waals surface area contributed by atoms with Crippen LogP contribution in [0.5, 0.6) is 0 Å². The third-order valence-electron chi connectivity index (χ3n) is 4.27. The molecule has 1 aliphatic heterocycles. The van der Waals surface area contributed by atoms with Gasteiger partial charge in [-0.1, -0.05) is 30.3 Å². The van der Waals surface area contributed by atoms with Crippen LogP contribution in [0.25, 0.3) is 0 Å². The summed E-state index contributed by atoms with van der Waals surface area (Å²) in [6.07, 6.45) is 4.55. The molecule has 4 heteroatoms. The molecule has 2 heterocycles. The maximum absolute atomic E-state index is 12.7. The van der Waals surface area contributed by atoms with E-state index in [1.807, 2.05) is 23.1 Å². The molecular formula is C18H20N2O2. The first-order valence-corrected chi connectivity index (χ1v) is 7.69. The highest BCUT2D eigenvalue weighted by Crippen LogP contribution is 2.23. The van der Waals surface area contributed by atoms with Gasteiger partial charge in [-0.25, -0.2) is 0 Å². The first-order valence-electron chi connectivity index (χ1n) is 7.69. The number of hydrogen-bond donors (Lipinski definition) is 1. The van der Waals surface area contributed by atoms with Crippen LogP contribution in [0.15, 0.2) is 42.6 Å². The number of aromatic nitrogens is 1. The number of H-pyrrole nitrogens is 1. The summed E-state index contributed by atoms with van der Waals surface area (Å²) in [7, 11) is 0. The van der Waals surface area contributed by atoms with Crippen LogP contribution in [-0.2, 0) is 6.42 Å². The van der Waals surface area contributed by atoms with Gasteiger partial charge in [0, 0.05) is 24.3 Å². The predicted octanol–water partition coefficient (Wildman–Crippen LogP) is 3.06. The van der Waals surface area contributed by atoms with E-state index < -0.39 is 0 Å². The van der Waals surface area contributed by atoms with Crippen LogP contribution in [0.3, 0.4) is 0 Å². The molecule has 0 saturated carbocycles. The molecule has 1 aromatic carbocycles. The summed E-state index contributed by atoms with van der Waals surface area (Å²) < 4.78 is 0. The van der Waals surface area contributed by atoms with Crippen molar-refractivity contribution < 1.29 is 9.59 Å². The third-order valence-corrected chi connectivity index (χ3v) is 4.27. The number of aromatic amines is 1. The van der Waals surface area contributed by atoms with E-state index in [2.05, 4.69) is 17.1 Å². The van der Waals surface area contributed by atoms with Gasteiger partial charge in [-0.2, -0.15) is 0 Å². The van der Waals surface area contributed by atoms with E-state index in [1.165, 1.54) is 12.5 Å². The second kappa shape index (κ2) is 6.18. The number of hydrogen-bond acceptors (Lipinski definition) is 2. The summed E-state index contributed by atoms with van der Waals surface area (Å²) in [6.45, 7) is 2.29. The quantitative estimate of drug-likeness (QED) is 0.882. The first kappa shape index (κ1) is 14.6. The number of nitrogens with one attached hydrogen (secondary N) is 1. The van der Waals surface area contributed by atoms with Gasteiger partial charge in [0.2, 0.25) is 0 Å². The number of likely N-dealkylation sites (tertiary alicyclic amines) is 1. The van der Waals surface area contributed by atoms with Crippen LogP contribution in [0.4, 0.5) is 0 Å². The molecule has 0 spiro atoms. The summed E-state index contributed by atoms with van der Waals surface area (Å²) in [6, 6.07) is 12.2. The highest BCUT2D eigenvalue weighted by atomic mass is 16.2. The van der Waals surface area contributed by atoms with Crippen molar-refractivity contribution in [2.75, 3.05) is 6.54 Å². The van der Waals surface area contributed by atoms with Gasteiger partial charge in [-0.3, -0.25) is 9.59 Å². The van der Waals surface area contributed by atoms with Crippen molar-refractivity contribution in [3.8, 4) is 0 Å². The Labute approximate surface area is 130 Å². The number of nitrogens with zero attached hydrogens (tertiary/aromatic N) is 1. The molecule has 2 aromatic rings.